The van der Waals surface area contributed by atoms with Gasteiger partial charge in [0.2, 0.25) is 0 Å². The molecule has 3 aromatic rings. The average Bonchev–Trinajstić information content (AvgIpc) is 2.86. The number of nitrogens with one attached hydrogen (secondary N) is 2. The van der Waals surface area contributed by atoms with Gasteiger partial charge in [0.25, 0.3) is 5.91 Å². The Morgan fingerprint density at radius 2 is 2.00 bits per heavy atom. The second kappa shape index (κ2) is 4.90. The van der Waals surface area contributed by atoms with Gasteiger partial charge in [-0.1, -0.05) is 6.07 Å². The topological polar surface area (TPSA) is 70.9 Å². The Morgan fingerprint density at radius 3 is 2.81 bits per heavy atom. The molecule has 1 heterocycles. The number of H-pyrrole nitrogens is 1. The number of hydrogen-bond acceptors (Lipinski definition) is 2. The Bertz CT molecular complexity index is 842. The van der Waals surface area contributed by atoms with Crippen molar-refractivity contribution in [2.75, 3.05) is 11.1 Å². The summed E-state index contributed by atoms with van der Waals surface area (Å²) in [4.78, 5) is 15.1. The number of benzene rings is 2. The molecule has 2 aromatic carbocycles. The number of aromatic amines is 1. The quantitative estimate of drug-likeness (QED) is 0.633. The number of carbonyl (C=O) groups excluding carboxylic acids is 1. The third kappa shape index (κ3) is 2.31. The number of rotatable bonds is 2. The minimum atomic E-state index is -1.09. The van der Waals surface area contributed by atoms with E-state index in [9.17, 15) is 13.6 Å². The number of halogens is 2. The lowest BCUT2D eigenvalue weighted by Crippen LogP contribution is -2.13. The highest BCUT2D eigenvalue weighted by Gasteiger charge is 2.15. The van der Waals surface area contributed by atoms with E-state index in [4.69, 9.17) is 5.73 Å². The smallest absolute Gasteiger partial charge is 0.257 e. The molecule has 0 atom stereocenters. The maximum Gasteiger partial charge on any atom is 0.257 e. The molecule has 3 rings (SSSR count). The van der Waals surface area contributed by atoms with Crippen LogP contribution in [0.1, 0.15) is 10.4 Å². The van der Waals surface area contributed by atoms with Crippen LogP contribution in [0, 0.1) is 11.6 Å². The number of aromatic nitrogens is 1. The Labute approximate surface area is 118 Å². The molecule has 0 aliphatic rings. The van der Waals surface area contributed by atoms with Crippen molar-refractivity contribution in [3.05, 3.63) is 59.8 Å². The summed E-state index contributed by atoms with van der Waals surface area (Å²) in [5, 5.41) is 3.01. The van der Waals surface area contributed by atoms with Gasteiger partial charge >= 0.3 is 0 Å². The number of anilines is 2. The lowest BCUT2D eigenvalue weighted by Gasteiger charge is -2.06. The molecular formula is C15H11F2N3O. The van der Waals surface area contributed by atoms with E-state index >= 15 is 0 Å². The minimum absolute atomic E-state index is 0.204. The molecule has 0 radical (unpaired) electrons. The highest BCUT2D eigenvalue weighted by atomic mass is 19.2. The number of fused-ring (bicyclic) bond motifs is 1. The van der Waals surface area contributed by atoms with Gasteiger partial charge in [0.1, 0.15) is 0 Å². The van der Waals surface area contributed by atoms with Crippen molar-refractivity contribution in [2.24, 2.45) is 0 Å². The van der Waals surface area contributed by atoms with Gasteiger partial charge in [-0.25, -0.2) is 8.78 Å². The third-order valence-electron chi connectivity index (χ3n) is 3.15. The number of carbonyl (C=O) groups is 1. The zero-order chi connectivity index (χ0) is 15.0. The third-order valence-corrected chi connectivity index (χ3v) is 3.15. The van der Waals surface area contributed by atoms with Crippen LogP contribution in [-0.4, -0.2) is 10.9 Å². The lowest BCUT2D eigenvalue weighted by atomic mass is 10.1. The van der Waals surface area contributed by atoms with Gasteiger partial charge < -0.3 is 16.0 Å². The summed E-state index contributed by atoms with van der Waals surface area (Å²) in [6.45, 7) is 0. The molecule has 0 bridgehead atoms. The standard InChI is InChI=1S/C15H11F2N3O/c16-11-2-1-3-12(14(11)17)20-15(21)10-7-19-13-6-8(18)4-5-9(10)13/h1-7,19H,18H2,(H,20,21). The number of amides is 1. The van der Waals surface area contributed by atoms with Crippen molar-refractivity contribution in [3.8, 4) is 0 Å². The molecule has 0 aliphatic heterocycles. The van der Waals surface area contributed by atoms with E-state index in [2.05, 4.69) is 10.3 Å². The average molecular weight is 287 g/mol. The van der Waals surface area contributed by atoms with Gasteiger partial charge in [0.05, 0.1) is 11.3 Å². The van der Waals surface area contributed by atoms with Gasteiger partial charge in [-0.2, -0.15) is 0 Å². The van der Waals surface area contributed by atoms with Crippen LogP contribution in [0.4, 0.5) is 20.2 Å². The second-order valence-corrected chi connectivity index (χ2v) is 4.56. The SMILES string of the molecule is Nc1ccc2c(C(=O)Nc3cccc(F)c3F)c[nH]c2c1. The molecule has 1 aromatic heterocycles. The van der Waals surface area contributed by atoms with Crippen molar-refractivity contribution < 1.29 is 13.6 Å². The maximum absolute atomic E-state index is 13.6. The molecule has 0 unspecified atom stereocenters. The van der Waals surface area contributed by atoms with E-state index in [-0.39, 0.29) is 5.69 Å². The van der Waals surface area contributed by atoms with E-state index in [0.29, 0.717) is 22.2 Å². The fourth-order valence-corrected chi connectivity index (χ4v) is 2.12. The Kier molecular flexibility index (Phi) is 3.06. The molecule has 21 heavy (non-hydrogen) atoms. The normalized spacial score (nSPS) is 10.8. The van der Waals surface area contributed by atoms with E-state index in [1.807, 2.05) is 0 Å². The molecule has 4 nitrogen and oxygen atoms in total. The van der Waals surface area contributed by atoms with Crippen molar-refractivity contribution in [2.45, 2.75) is 0 Å². The molecule has 0 spiro atoms. The van der Waals surface area contributed by atoms with Crippen molar-refractivity contribution >= 4 is 28.2 Å². The van der Waals surface area contributed by atoms with Gasteiger partial charge in [-0.15, -0.1) is 0 Å². The van der Waals surface area contributed by atoms with E-state index in [0.717, 1.165) is 6.07 Å². The van der Waals surface area contributed by atoms with Crippen LogP contribution in [0.2, 0.25) is 0 Å². The van der Waals surface area contributed by atoms with Gasteiger partial charge in [0, 0.05) is 22.8 Å². The molecular weight excluding hydrogens is 276 g/mol. The van der Waals surface area contributed by atoms with Crippen LogP contribution in [0.3, 0.4) is 0 Å². The summed E-state index contributed by atoms with van der Waals surface area (Å²) < 4.78 is 26.7. The number of nitrogen functional groups attached to an aromatic ring is 1. The van der Waals surface area contributed by atoms with Crippen LogP contribution >= 0.6 is 0 Å². The number of nitrogens with two attached hydrogens (primary N) is 1. The summed E-state index contributed by atoms with van der Waals surface area (Å²) in [5.41, 5.74) is 7.04. The highest BCUT2D eigenvalue weighted by molar-refractivity contribution is 6.13. The molecule has 1 amide bonds. The first-order chi connectivity index (χ1) is 10.1. The van der Waals surface area contributed by atoms with Crippen molar-refractivity contribution in [1.82, 2.24) is 4.98 Å². The van der Waals surface area contributed by atoms with Crippen LogP contribution in [-0.2, 0) is 0 Å². The van der Waals surface area contributed by atoms with Crippen LogP contribution < -0.4 is 11.1 Å². The van der Waals surface area contributed by atoms with Crippen LogP contribution in [0.15, 0.2) is 42.6 Å². The Balaban J connectivity index is 1.96. The first-order valence-corrected chi connectivity index (χ1v) is 6.18. The Hall–Kier alpha value is -2.89. The molecule has 0 fully saturated rings. The Morgan fingerprint density at radius 1 is 1.19 bits per heavy atom. The zero-order valence-corrected chi connectivity index (χ0v) is 10.8. The molecule has 106 valence electrons. The van der Waals surface area contributed by atoms with Crippen molar-refractivity contribution in [3.63, 3.8) is 0 Å². The van der Waals surface area contributed by atoms with Gasteiger partial charge in [-0.3, -0.25) is 4.79 Å². The summed E-state index contributed by atoms with van der Waals surface area (Å²) in [6, 6.07) is 8.65. The lowest BCUT2D eigenvalue weighted by molar-refractivity contribution is 0.102. The van der Waals surface area contributed by atoms with E-state index < -0.39 is 17.5 Å². The largest absolute Gasteiger partial charge is 0.399 e. The highest BCUT2D eigenvalue weighted by Crippen LogP contribution is 2.23. The summed E-state index contributed by atoms with van der Waals surface area (Å²) in [7, 11) is 0. The molecule has 4 N–H and O–H groups in total. The summed E-state index contributed by atoms with van der Waals surface area (Å²) in [5.74, 6) is -2.63. The fraction of sp³-hybridized carbons (Fsp3) is 0. The maximum atomic E-state index is 13.6. The molecule has 0 aliphatic carbocycles. The second-order valence-electron chi connectivity index (χ2n) is 4.56. The predicted octanol–water partition coefficient (Wildman–Crippen LogP) is 3.28. The fourth-order valence-electron chi connectivity index (χ4n) is 2.12. The first-order valence-electron chi connectivity index (χ1n) is 6.18. The molecule has 6 heteroatoms. The summed E-state index contributed by atoms with van der Waals surface area (Å²) in [6.07, 6.45) is 1.50. The van der Waals surface area contributed by atoms with Crippen LogP contribution in [0.25, 0.3) is 10.9 Å². The monoisotopic (exact) mass is 287 g/mol. The molecule has 0 saturated carbocycles. The van der Waals surface area contributed by atoms with Crippen molar-refractivity contribution in [1.29, 1.82) is 0 Å². The van der Waals surface area contributed by atoms with Gasteiger partial charge in [0.15, 0.2) is 11.6 Å². The van der Waals surface area contributed by atoms with Crippen LogP contribution in [0.5, 0.6) is 0 Å². The number of hydrogen-bond donors (Lipinski definition) is 3. The summed E-state index contributed by atoms with van der Waals surface area (Å²) >= 11 is 0. The van der Waals surface area contributed by atoms with E-state index in [1.165, 1.54) is 18.3 Å². The molecule has 0 saturated heterocycles. The van der Waals surface area contributed by atoms with Gasteiger partial charge in [-0.05, 0) is 30.3 Å². The zero-order valence-electron chi connectivity index (χ0n) is 10.8. The first kappa shape index (κ1) is 13.1. The minimum Gasteiger partial charge on any atom is -0.399 e. The predicted molar refractivity (Wildman–Crippen MR) is 77.0 cm³/mol. The van der Waals surface area contributed by atoms with E-state index in [1.54, 1.807) is 18.2 Å².